The number of hydrogen-bond acceptors (Lipinski definition) is 7. The van der Waals surface area contributed by atoms with E-state index in [-0.39, 0.29) is 29.6 Å². The molecule has 2 amide bonds. The smallest absolute Gasteiger partial charge is 0.254 e. The van der Waals surface area contributed by atoms with Gasteiger partial charge in [0.15, 0.2) is 0 Å². The Morgan fingerprint density at radius 3 is 2.41 bits per heavy atom. The maximum Gasteiger partial charge on any atom is 0.254 e. The molecule has 0 bridgehead atoms. The van der Waals surface area contributed by atoms with E-state index in [9.17, 15) is 9.59 Å². The molecule has 2 saturated heterocycles. The topological polar surface area (TPSA) is 66.0 Å². The molecule has 3 fully saturated rings. The van der Waals surface area contributed by atoms with Crippen molar-refractivity contribution in [3.05, 3.63) is 24.3 Å². The zero-order valence-electron chi connectivity index (χ0n) is 18.3. The van der Waals surface area contributed by atoms with Gasteiger partial charge in [0.2, 0.25) is 0 Å². The van der Waals surface area contributed by atoms with E-state index in [1.165, 1.54) is 10.1 Å². The number of piperazine rings is 1. The van der Waals surface area contributed by atoms with Crippen molar-refractivity contribution in [3.8, 4) is 0 Å². The monoisotopic (exact) mass is 478 g/mol. The van der Waals surface area contributed by atoms with E-state index in [1.54, 1.807) is 11.5 Å². The Balaban J connectivity index is 0.00000245. The van der Waals surface area contributed by atoms with Crippen LogP contribution in [0.3, 0.4) is 0 Å². The average Bonchev–Trinajstić information content (AvgIpc) is 3.40. The normalized spacial score (nSPS) is 21.5. The highest BCUT2D eigenvalue weighted by Crippen LogP contribution is 2.46. The van der Waals surface area contributed by atoms with Gasteiger partial charge in [-0.05, 0) is 48.3 Å². The lowest BCUT2D eigenvalue weighted by molar-refractivity contribution is -0.205. The van der Waals surface area contributed by atoms with Crippen LogP contribution in [0.5, 0.6) is 0 Å². The maximum atomic E-state index is 12.5. The predicted octanol–water partition coefficient (Wildman–Crippen LogP) is 3.87. The summed E-state index contributed by atoms with van der Waals surface area (Å²) >= 11 is 1.56. The van der Waals surface area contributed by atoms with Crippen LogP contribution in [0, 0.1) is 5.41 Å². The molecule has 32 heavy (non-hydrogen) atoms. The molecule has 0 atom stereocenters. The summed E-state index contributed by atoms with van der Waals surface area (Å²) in [7, 11) is 0. The minimum atomic E-state index is -0.151. The van der Waals surface area contributed by atoms with Crippen LogP contribution >= 0.6 is 23.9 Å². The number of anilines is 1. The van der Waals surface area contributed by atoms with E-state index in [0.29, 0.717) is 19.4 Å². The summed E-state index contributed by atoms with van der Waals surface area (Å²) in [5.41, 5.74) is -0.0731. The molecule has 9 heteroatoms. The zero-order chi connectivity index (χ0) is 21.3. The van der Waals surface area contributed by atoms with Gasteiger partial charge in [-0.3, -0.25) is 19.3 Å². The first kappa shape index (κ1) is 23.4. The van der Waals surface area contributed by atoms with Gasteiger partial charge in [-0.25, -0.2) is 0 Å². The molecule has 7 nitrogen and oxygen atoms in total. The number of imide groups is 1. The van der Waals surface area contributed by atoms with Crippen molar-refractivity contribution >= 4 is 51.7 Å². The SMILES string of the molecule is Cl.O=C1CC2(CCCC2)CC(=O)N1OCCCN1CCN(c2nsc3ccccc23)CC1. The molecule has 0 unspecified atom stereocenters. The largest absolute Gasteiger partial charge is 0.353 e. The van der Waals surface area contributed by atoms with E-state index < -0.39 is 0 Å². The highest BCUT2D eigenvalue weighted by molar-refractivity contribution is 7.13. The van der Waals surface area contributed by atoms with Gasteiger partial charge >= 0.3 is 0 Å². The van der Waals surface area contributed by atoms with Gasteiger partial charge < -0.3 is 4.90 Å². The molecular weight excluding hydrogens is 448 g/mol. The molecule has 1 aromatic carbocycles. The average molecular weight is 479 g/mol. The number of piperidine rings is 1. The number of carbonyl (C=O) groups is 2. The highest BCUT2D eigenvalue weighted by Gasteiger charge is 2.45. The molecule has 0 N–H and O–H groups in total. The van der Waals surface area contributed by atoms with Crippen molar-refractivity contribution in [1.29, 1.82) is 0 Å². The zero-order valence-corrected chi connectivity index (χ0v) is 20.0. The number of fused-ring (bicyclic) bond motifs is 1. The van der Waals surface area contributed by atoms with Crippen LogP contribution in [0.25, 0.3) is 10.1 Å². The lowest BCUT2D eigenvalue weighted by Gasteiger charge is -2.36. The molecule has 1 aliphatic carbocycles. The van der Waals surface area contributed by atoms with Gasteiger partial charge in [0.1, 0.15) is 5.82 Å². The minimum absolute atomic E-state index is 0. The fourth-order valence-corrected chi connectivity index (χ4v) is 6.13. The number of hydroxylamine groups is 2. The first-order valence-corrected chi connectivity index (χ1v) is 12.2. The summed E-state index contributed by atoms with van der Waals surface area (Å²) in [5, 5.41) is 2.29. The number of halogens is 1. The summed E-state index contributed by atoms with van der Waals surface area (Å²) in [6.45, 7) is 5.19. The van der Waals surface area contributed by atoms with Crippen LogP contribution in [0.4, 0.5) is 5.82 Å². The number of benzene rings is 1. The lowest BCUT2D eigenvalue weighted by atomic mass is 9.77. The Kier molecular flexibility index (Phi) is 7.34. The second kappa shape index (κ2) is 10.0. The molecule has 0 radical (unpaired) electrons. The standard InChI is InChI=1S/C23H30N4O3S.ClH/c28-20-16-23(8-3-4-9-23)17-21(29)27(20)30-15-5-10-25-11-13-26(14-12-25)22-18-6-1-2-7-19(18)31-24-22;/h1-2,6-7H,3-5,8-17H2;1H. The summed E-state index contributed by atoms with van der Waals surface area (Å²) in [6, 6.07) is 8.40. The van der Waals surface area contributed by atoms with Gasteiger partial charge in [-0.15, -0.1) is 12.4 Å². The van der Waals surface area contributed by atoms with E-state index in [4.69, 9.17) is 4.84 Å². The Labute approximate surface area is 199 Å². The third-order valence-corrected chi connectivity index (χ3v) is 7.86. The number of carbonyl (C=O) groups excluding carboxylic acids is 2. The van der Waals surface area contributed by atoms with Gasteiger partial charge in [0.05, 0.1) is 11.3 Å². The molecule has 2 aromatic rings. The van der Waals surface area contributed by atoms with Crippen molar-refractivity contribution in [2.75, 3.05) is 44.2 Å². The van der Waals surface area contributed by atoms with E-state index in [0.717, 1.165) is 75.7 Å². The first-order valence-electron chi connectivity index (χ1n) is 11.4. The fraction of sp³-hybridized carbons (Fsp3) is 0.609. The van der Waals surface area contributed by atoms with Crippen molar-refractivity contribution in [3.63, 3.8) is 0 Å². The quantitative estimate of drug-likeness (QED) is 0.464. The van der Waals surface area contributed by atoms with E-state index in [1.807, 2.05) is 0 Å². The molecular formula is C23H31ClN4O3S. The summed E-state index contributed by atoms with van der Waals surface area (Å²) in [5.74, 6) is 0.801. The molecule has 2 aliphatic heterocycles. The minimum Gasteiger partial charge on any atom is -0.353 e. The summed E-state index contributed by atoms with van der Waals surface area (Å²) < 4.78 is 5.91. The number of hydrogen-bond donors (Lipinski definition) is 0. The van der Waals surface area contributed by atoms with Gasteiger partial charge in [0, 0.05) is 51.0 Å². The van der Waals surface area contributed by atoms with Crippen LogP contribution in [-0.4, -0.2) is 65.5 Å². The van der Waals surface area contributed by atoms with Crippen LogP contribution in [0.15, 0.2) is 24.3 Å². The van der Waals surface area contributed by atoms with Gasteiger partial charge in [0.25, 0.3) is 11.8 Å². The van der Waals surface area contributed by atoms with E-state index >= 15 is 0 Å². The third kappa shape index (κ3) is 4.78. The predicted molar refractivity (Wildman–Crippen MR) is 128 cm³/mol. The molecule has 5 rings (SSSR count). The molecule has 1 aromatic heterocycles. The first-order chi connectivity index (χ1) is 15.1. The number of aromatic nitrogens is 1. The van der Waals surface area contributed by atoms with E-state index in [2.05, 4.69) is 38.4 Å². The number of nitrogens with zero attached hydrogens (tertiary/aromatic N) is 4. The van der Waals surface area contributed by atoms with Crippen molar-refractivity contribution < 1.29 is 14.4 Å². The Morgan fingerprint density at radius 1 is 1.00 bits per heavy atom. The van der Waals surface area contributed by atoms with Crippen LogP contribution < -0.4 is 4.90 Å². The Hall–Kier alpha value is -1.74. The van der Waals surface area contributed by atoms with Gasteiger partial charge in [-0.2, -0.15) is 9.44 Å². The molecule has 3 heterocycles. The summed E-state index contributed by atoms with van der Waals surface area (Å²) in [4.78, 5) is 35.3. The molecule has 174 valence electrons. The van der Waals surface area contributed by atoms with Crippen molar-refractivity contribution in [2.24, 2.45) is 5.41 Å². The molecule has 1 saturated carbocycles. The Bertz CT molecular complexity index is 934. The fourth-order valence-electron chi connectivity index (χ4n) is 5.34. The number of amides is 2. The summed E-state index contributed by atoms with van der Waals surface area (Å²) in [6.07, 6.45) is 6.00. The van der Waals surface area contributed by atoms with Crippen LogP contribution in [0.2, 0.25) is 0 Å². The van der Waals surface area contributed by atoms with Crippen LogP contribution in [0.1, 0.15) is 44.9 Å². The maximum absolute atomic E-state index is 12.5. The highest BCUT2D eigenvalue weighted by atomic mass is 35.5. The van der Waals surface area contributed by atoms with Crippen molar-refractivity contribution in [2.45, 2.75) is 44.9 Å². The molecule has 3 aliphatic rings. The number of rotatable bonds is 6. The second-order valence-electron chi connectivity index (χ2n) is 9.16. The third-order valence-electron chi connectivity index (χ3n) is 7.04. The lowest BCUT2D eigenvalue weighted by Crippen LogP contribution is -2.48. The molecule has 1 spiro atoms. The van der Waals surface area contributed by atoms with Crippen molar-refractivity contribution in [1.82, 2.24) is 14.3 Å². The Morgan fingerprint density at radius 2 is 1.69 bits per heavy atom. The van der Waals surface area contributed by atoms with Crippen LogP contribution in [-0.2, 0) is 14.4 Å². The van der Waals surface area contributed by atoms with Gasteiger partial charge in [-0.1, -0.05) is 25.0 Å². The second-order valence-corrected chi connectivity index (χ2v) is 9.97.